The molecule has 1 aliphatic rings. The Hall–Kier alpha value is -0.100. The van der Waals surface area contributed by atoms with Crippen molar-refractivity contribution in [3.05, 3.63) is 27.3 Å². The number of fused-ring (bicyclic) bond motifs is 1. The van der Waals surface area contributed by atoms with Crippen molar-refractivity contribution < 1.29 is 4.79 Å². The van der Waals surface area contributed by atoms with Crippen LogP contribution in [0.15, 0.2) is 18.2 Å². The van der Waals surface area contributed by atoms with Gasteiger partial charge in [-0.25, -0.2) is 0 Å². The maximum Gasteiger partial charge on any atom is 0.238 e. The summed E-state index contributed by atoms with van der Waals surface area (Å²) in [6.45, 7) is 0. The van der Waals surface area contributed by atoms with Gasteiger partial charge in [0.1, 0.15) is 0 Å². The third kappa shape index (κ3) is 2.11. The summed E-state index contributed by atoms with van der Waals surface area (Å²) in [5.41, 5.74) is 2.18. The molecule has 1 aromatic carbocycles. The number of benzene rings is 1. The van der Waals surface area contributed by atoms with Gasteiger partial charge in [0.05, 0.1) is 4.83 Å². The molecule has 74 valence electrons. The molecule has 1 atom stereocenters. The fourth-order valence-electron chi connectivity index (χ4n) is 1.52. The van der Waals surface area contributed by atoms with E-state index in [9.17, 15) is 4.79 Å². The van der Waals surface area contributed by atoms with E-state index in [-0.39, 0.29) is 10.7 Å². The zero-order valence-corrected chi connectivity index (χ0v) is 11.1. The average molecular weight is 366 g/mol. The van der Waals surface area contributed by atoms with Crippen molar-refractivity contribution in [3.63, 3.8) is 0 Å². The third-order valence-electron chi connectivity index (χ3n) is 2.28. The van der Waals surface area contributed by atoms with Crippen LogP contribution in [0.4, 0.5) is 5.69 Å². The van der Waals surface area contributed by atoms with E-state index in [2.05, 4.69) is 49.9 Å². The Morgan fingerprint density at radius 3 is 3.07 bits per heavy atom. The first-order chi connectivity index (χ1) is 6.66. The van der Waals surface area contributed by atoms with Gasteiger partial charge in [0.15, 0.2) is 0 Å². The summed E-state index contributed by atoms with van der Waals surface area (Å²) in [6, 6.07) is 6.11. The number of alkyl halides is 1. The lowest BCUT2D eigenvalue weighted by molar-refractivity contribution is -0.115. The van der Waals surface area contributed by atoms with E-state index < -0.39 is 0 Å². The molecule has 4 heteroatoms. The van der Waals surface area contributed by atoms with Gasteiger partial charge in [-0.05, 0) is 59.2 Å². The second kappa shape index (κ2) is 4.18. The Bertz CT molecular complexity index is 380. The van der Waals surface area contributed by atoms with E-state index in [1.807, 2.05) is 12.1 Å². The molecule has 0 saturated heterocycles. The number of carbonyl (C=O) groups excluding carboxylic acids is 1. The Morgan fingerprint density at radius 2 is 2.29 bits per heavy atom. The Morgan fingerprint density at radius 1 is 1.50 bits per heavy atom. The van der Waals surface area contributed by atoms with E-state index in [0.29, 0.717) is 0 Å². The molecule has 0 aliphatic carbocycles. The predicted molar refractivity (Wildman–Crippen MR) is 68.8 cm³/mol. The van der Waals surface area contributed by atoms with Crippen molar-refractivity contribution in [2.45, 2.75) is 17.7 Å². The highest BCUT2D eigenvalue weighted by Crippen LogP contribution is 2.26. The maximum absolute atomic E-state index is 11.5. The average Bonchev–Trinajstić information content (AvgIpc) is 2.29. The maximum atomic E-state index is 11.5. The molecule has 0 fully saturated rings. The molecule has 1 heterocycles. The van der Waals surface area contributed by atoms with Gasteiger partial charge in [-0.3, -0.25) is 4.79 Å². The van der Waals surface area contributed by atoms with Crippen LogP contribution in [-0.4, -0.2) is 10.7 Å². The monoisotopic (exact) mass is 365 g/mol. The number of aryl methyl sites for hydroxylation is 1. The summed E-state index contributed by atoms with van der Waals surface area (Å²) in [5.74, 6) is 0.0601. The minimum atomic E-state index is -0.0624. The molecule has 1 amide bonds. The van der Waals surface area contributed by atoms with Gasteiger partial charge >= 0.3 is 0 Å². The molecule has 1 aromatic rings. The second-order valence-electron chi connectivity index (χ2n) is 3.30. The summed E-state index contributed by atoms with van der Waals surface area (Å²) in [6.07, 6.45) is 1.81. The van der Waals surface area contributed by atoms with Crippen LogP contribution < -0.4 is 5.32 Å². The lowest BCUT2D eigenvalue weighted by Crippen LogP contribution is -2.20. The number of hydrogen-bond acceptors (Lipinski definition) is 1. The van der Waals surface area contributed by atoms with Gasteiger partial charge in [0.2, 0.25) is 5.91 Å². The molecule has 1 unspecified atom stereocenters. The number of hydrogen-bond donors (Lipinski definition) is 1. The van der Waals surface area contributed by atoms with Crippen molar-refractivity contribution in [3.8, 4) is 0 Å². The van der Waals surface area contributed by atoms with E-state index >= 15 is 0 Å². The lowest BCUT2D eigenvalue weighted by Gasteiger charge is -2.06. The third-order valence-corrected chi connectivity index (χ3v) is 3.82. The highest BCUT2D eigenvalue weighted by atomic mass is 127. The van der Waals surface area contributed by atoms with Gasteiger partial charge in [-0.2, -0.15) is 0 Å². The van der Waals surface area contributed by atoms with Gasteiger partial charge in [-0.15, -0.1) is 0 Å². The zero-order valence-electron chi connectivity index (χ0n) is 7.39. The Labute approximate surface area is 105 Å². The molecular weight excluding hydrogens is 357 g/mol. The van der Waals surface area contributed by atoms with Crippen LogP contribution in [0, 0.1) is 3.57 Å². The molecule has 1 aliphatic heterocycles. The molecule has 2 nitrogen and oxygen atoms in total. The van der Waals surface area contributed by atoms with Crippen LogP contribution >= 0.6 is 38.5 Å². The van der Waals surface area contributed by atoms with Crippen LogP contribution in [-0.2, 0) is 11.2 Å². The van der Waals surface area contributed by atoms with Crippen molar-refractivity contribution >= 4 is 50.1 Å². The molecule has 0 radical (unpaired) electrons. The summed E-state index contributed by atoms with van der Waals surface area (Å²) < 4.78 is 1.21. The fourth-order valence-corrected chi connectivity index (χ4v) is 2.41. The summed E-state index contributed by atoms with van der Waals surface area (Å²) >= 11 is 5.65. The van der Waals surface area contributed by atoms with Crippen LogP contribution in [0.5, 0.6) is 0 Å². The van der Waals surface area contributed by atoms with E-state index in [0.717, 1.165) is 18.5 Å². The molecule has 0 spiro atoms. The SMILES string of the molecule is O=C1Nc2ccc(I)cc2CCC1Br. The van der Waals surface area contributed by atoms with Gasteiger partial charge in [0, 0.05) is 9.26 Å². The summed E-state index contributed by atoms with van der Waals surface area (Å²) in [7, 11) is 0. The van der Waals surface area contributed by atoms with Gasteiger partial charge < -0.3 is 5.32 Å². The van der Waals surface area contributed by atoms with Crippen LogP contribution in [0.2, 0.25) is 0 Å². The topological polar surface area (TPSA) is 29.1 Å². The Kier molecular flexibility index (Phi) is 3.11. The molecule has 0 aromatic heterocycles. The van der Waals surface area contributed by atoms with Gasteiger partial charge in [0.25, 0.3) is 0 Å². The second-order valence-corrected chi connectivity index (χ2v) is 5.65. The molecule has 1 N–H and O–H groups in total. The number of rotatable bonds is 0. The smallest absolute Gasteiger partial charge is 0.238 e. The van der Waals surface area contributed by atoms with E-state index in [1.54, 1.807) is 0 Å². The highest BCUT2D eigenvalue weighted by molar-refractivity contribution is 14.1. The van der Waals surface area contributed by atoms with Crippen molar-refractivity contribution in [2.24, 2.45) is 0 Å². The van der Waals surface area contributed by atoms with Gasteiger partial charge in [-0.1, -0.05) is 15.9 Å². The number of anilines is 1. The van der Waals surface area contributed by atoms with Crippen molar-refractivity contribution in [2.75, 3.05) is 5.32 Å². The van der Waals surface area contributed by atoms with Crippen LogP contribution in [0.25, 0.3) is 0 Å². The molecule has 0 bridgehead atoms. The highest BCUT2D eigenvalue weighted by Gasteiger charge is 2.20. The van der Waals surface area contributed by atoms with E-state index in [4.69, 9.17) is 0 Å². The predicted octanol–water partition coefficient (Wildman–Crippen LogP) is 2.94. The number of amides is 1. The molecular formula is C10H9BrINO. The van der Waals surface area contributed by atoms with E-state index in [1.165, 1.54) is 9.13 Å². The first-order valence-electron chi connectivity index (χ1n) is 4.40. The van der Waals surface area contributed by atoms with Crippen molar-refractivity contribution in [1.29, 1.82) is 0 Å². The first-order valence-corrected chi connectivity index (χ1v) is 6.39. The number of nitrogens with one attached hydrogen (secondary N) is 1. The summed E-state index contributed by atoms with van der Waals surface area (Å²) in [5, 5.41) is 2.91. The standard InChI is InChI=1S/C10H9BrINO/c11-8-3-1-6-5-7(12)2-4-9(6)13-10(8)14/h2,4-5,8H,1,3H2,(H,13,14). The van der Waals surface area contributed by atoms with Crippen molar-refractivity contribution in [1.82, 2.24) is 0 Å². The summed E-state index contributed by atoms with van der Waals surface area (Å²) in [4.78, 5) is 11.4. The number of carbonyl (C=O) groups is 1. The van der Waals surface area contributed by atoms with Crippen LogP contribution in [0.1, 0.15) is 12.0 Å². The normalized spacial score (nSPS) is 21.0. The molecule has 0 saturated carbocycles. The quantitative estimate of drug-likeness (QED) is 0.556. The zero-order chi connectivity index (χ0) is 10.1. The number of halogens is 2. The van der Waals surface area contributed by atoms with Crippen LogP contribution in [0.3, 0.4) is 0 Å². The lowest BCUT2D eigenvalue weighted by atomic mass is 10.1. The first kappa shape index (κ1) is 10.4. The molecule has 2 rings (SSSR count). The minimum Gasteiger partial charge on any atom is -0.325 e. The Balaban J connectivity index is 2.37. The fraction of sp³-hybridized carbons (Fsp3) is 0.300. The minimum absolute atomic E-state index is 0.0601. The molecule has 14 heavy (non-hydrogen) atoms. The largest absolute Gasteiger partial charge is 0.325 e.